The molecule has 1 aliphatic heterocycles. The van der Waals surface area contributed by atoms with E-state index in [1.165, 1.54) is 0 Å². The number of carbonyl (C=O) groups excluding carboxylic acids is 1. The highest BCUT2D eigenvalue weighted by molar-refractivity contribution is 7.71. The molecule has 0 bridgehead atoms. The van der Waals surface area contributed by atoms with Crippen molar-refractivity contribution >= 4 is 18.1 Å². The number of benzene rings is 1. The Morgan fingerprint density at radius 2 is 2.38 bits per heavy atom. The van der Waals surface area contributed by atoms with E-state index < -0.39 is 6.10 Å². The van der Waals surface area contributed by atoms with Gasteiger partial charge in [-0.3, -0.25) is 9.89 Å². The van der Waals surface area contributed by atoms with E-state index in [0.29, 0.717) is 24.3 Å². The van der Waals surface area contributed by atoms with Crippen molar-refractivity contribution in [3.63, 3.8) is 0 Å². The van der Waals surface area contributed by atoms with Gasteiger partial charge in [0.1, 0.15) is 11.6 Å². The van der Waals surface area contributed by atoms with E-state index in [2.05, 4.69) is 15.5 Å². The van der Waals surface area contributed by atoms with E-state index in [9.17, 15) is 4.79 Å². The molecule has 0 aliphatic carbocycles. The Hall–Kier alpha value is -2.15. The zero-order chi connectivity index (χ0) is 14.8. The Morgan fingerprint density at radius 1 is 1.57 bits per heavy atom. The zero-order valence-corrected chi connectivity index (χ0v) is 12.4. The summed E-state index contributed by atoms with van der Waals surface area (Å²) in [4.78, 5) is 12.1. The maximum absolute atomic E-state index is 12.1. The highest BCUT2D eigenvalue weighted by Crippen LogP contribution is 2.27. The van der Waals surface area contributed by atoms with Crippen LogP contribution in [0.15, 0.2) is 24.3 Å². The largest absolute Gasteiger partial charge is 0.480 e. The second-order valence-electron chi connectivity index (χ2n) is 4.94. The normalized spacial score (nSPS) is 16.3. The summed E-state index contributed by atoms with van der Waals surface area (Å²) >= 11 is 5.11. The first-order chi connectivity index (χ1) is 10.1. The minimum Gasteiger partial charge on any atom is -0.480 e. The van der Waals surface area contributed by atoms with Gasteiger partial charge in [0.25, 0.3) is 5.91 Å². The Bertz CT molecular complexity index is 697. The number of aryl methyl sites for hydroxylation is 1. The van der Waals surface area contributed by atoms with Gasteiger partial charge in [0.05, 0.1) is 0 Å². The SMILES string of the molecule is Cc1n[nH]c(=S)n1CCNC(=O)[C@H]1Cc2ccccc2O1. The second kappa shape index (κ2) is 5.69. The Balaban J connectivity index is 1.53. The van der Waals surface area contributed by atoms with Crippen LogP contribution in [0, 0.1) is 11.7 Å². The molecule has 21 heavy (non-hydrogen) atoms. The Labute approximate surface area is 127 Å². The van der Waals surface area contributed by atoms with E-state index in [1.807, 2.05) is 35.8 Å². The monoisotopic (exact) mass is 304 g/mol. The van der Waals surface area contributed by atoms with Gasteiger partial charge in [-0.25, -0.2) is 0 Å². The summed E-state index contributed by atoms with van der Waals surface area (Å²) in [5.41, 5.74) is 1.07. The molecule has 1 amide bonds. The molecule has 1 aromatic heterocycles. The third-order valence-electron chi connectivity index (χ3n) is 3.52. The van der Waals surface area contributed by atoms with Crippen LogP contribution in [0.25, 0.3) is 0 Å². The van der Waals surface area contributed by atoms with Crippen LogP contribution in [0.2, 0.25) is 0 Å². The first kappa shape index (κ1) is 13.8. The van der Waals surface area contributed by atoms with Gasteiger partial charge < -0.3 is 14.6 Å². The van der Waals surface area contributed by atoms with Crippen molar-refractivity contribution in [2.45, 2.75) is 26.0 Å². The number of amides is 1. The number of rotatable bonds is 4. The summed E-state index contributed by atoms with van der Waals surface area (Å²) in [6.45, 7) is 2.95. The van der Waals surface area contributed by atoms with Crippen molar-refractivity contribution in [1.82, 2.24) is 20.1 Å². The number of hydrogen-bond donors (Lipinski definition) is 2. The molecule has 7 heteroatoms. The molecule has 0 unspecified atom stereocenters. The lowest BCUT2D eigenvalue weighted by atomic mass is 10.1. The summed E-state index contributed by atoms with van der Waals surface area (Å²) in [5.74, 6) is 1.50. The number of nitrogens with one attached hydrogen (secondary N) is 2. The first-order valence-electron chi connectivity index (χ1n) is 6.79. The molecule has 1 aliphatic rings. The Morgan fingerprint density at radius 3 is 3.10 bits per heavy atom. The van der Waals surface area contributed by atoms with Crippen LogP contribution in [0.5, 0.6) is 5.75 Å². The number of hydrogen-bond acceptors (Lipinski definition) is 4. The molecule has 6 nitrogen and oxygen atoms in total. The number of aromatic amines is 1. The smallest absolute Gasteiger partial charge is 0.261 e. The maximum atomic E-state index is 12.1. The number of H-pyrrole nitrogens is 1. The molecule has 0 fully saturated rings. The number of nitrogens with zero attached hydrogens (tertiary/aromatic N) is 2. The zero-order valence-electron chi connectivity index (χ0n) is 11.6. The molecule has 2 heterocycles. The van der Waals surface area contributed by atoms with Crippen molar-refractivity contribution in [2.75, 3.05) is 6.54 Å². The topological polar surface area (TPSA) is 71.9 Å². The second-order valence-corrected chi connectivity index (χ2v) is 5.32. The maximum Gasteiger partial charge on any atom is 0.261 e. The van der Waals surface area contributed by atoms with Crippen LogP contribution in [0.1, 0.15) is 11.4 Å². The number of para-hydroxylation sites is 1. The molecule has 2 aromatic rings. The van der Waals surface area contributed by atoms with E-state index in [0.717, 1.165) is 17.1 Å². The van der Waals surface area contributed by atoms with Crippen molar-refractivity contribution in [3.8, 4) is 5.75 Å². The van der Waals surface area contributed by atoms with Crippen LogP contribution in [0.4, 0.5) is 0 Å². The number of fused-ring (bicyclic) bond motifs is 1. The molecule has 2 N–H and O–H groups in total. The molecule has 0 spiro atoms. The van der Waals surface area contributed by atoms with Crippen LogP contribution in [-0.4, -0.2) is 33.3 Å². The van der Waals surface area contributed by atoms with Crippen LogP contribution >= 0.6 is 12.2 Å². The van der Waals surface area contributed by atoms with Crippen molar-refractivity contribution in [3.05, 3.63) is 40.4 Å². The molecular weight excluding hydrogens is 288 g/mol. The van der Waals surface area contributed by atoms with Gasteiger partial charge in [0, 0.05) is 19.5 Å². The molecule has 1 atom stereocenters. The standard InChI is InChI=1S/C14H16N4O2S/c1-9-16-17-14(21)18(9)7-6-15-13(19)12-8-10-4-2-3-5-11(10)20-12/h2-5,12H,6-8H2,1H3,(H,15,19)(H,17,21)/t12-/m1/s1. The number of ether oxygens (including phenoxy) is 1. The van der Waals surface area contributed by atoms with Gasteiger partial charge in [-0.2, -0.15) is 5.10 Å². The van der Waals surface area contributed by atoms with Gasteiger partial charge in [0.2, 0.25) is 0 Å². The van der Waals surface area contributed by atoms with E-state index in [1.54, 1.807) is 0 Å². The van der Waals surface area contributed by atoms with Gasteiger partial charge >= 0.3 is 0 Å². The van der Waals surface area contributed by atoms with Gasteiger partial charge in [-0.1, -0.05) is 18.2 Å². The minimum absolute atomic E-state index is 0.0983. The highest BCUT2D eigenvalue weighted by atomic mass is 32.1. The quantitative estimate of drug-likeness (QED) is 0.837. The molecular formula is C14H16N4O2S. The predicted octanol–water partition coefficient (Wildman–Crippen LogP) is 1.37. The van der Waals surface area contributed by atoms with E-state index >= 15 is 0 Å². The fraction of sp³-hybridized carbons (Fsp3) is 0.357. The van der Waals surface area contributed by atoms with Gasteiger partial charge in [0.15, 0.2) is 10.9 Å². The predicted molar refractivity (Wildman–Crippen MR) is 79.7 cm³/mol. The summed E-state index contributed by atoms with van der Waals surface area (Å²) in [6, 6.07) is 7.72. The van der Waals surface area contributed by atoms with Gasteiger partial charge in [-0.05, 0) is 30.8 Å². The van der Waals surface area contributed by atoms with Crippen molar-refractivity contribution in [2.24, 2.45) is 0 Å². The molecule has 110 valence electrons. The number of carbonyl (C=O) groups is 1. The van der Waals surface area contributed by atoms with Crippen LogP contribution in [0.3, 0.4) is 0 Å². The first-order valence-corrected chi connectivity index (χ1v) is 7.20. The average molecular weight is 304 g/mol. The molecule has 0 saturated heterocycles. The minimum atomic E-state index is -0.444. The summed E-state index contributed by atoms with van der Waals surface area (Å²) in [7, 11) is 0. The molecule has 1 aromatic carbocycles. The lowest BCUT2D eigenvalue weighted by Crippen LogP contribution is -2.39. The van der Waals surface area contributed by atoms with Crippen LogP contribution in [-0.2, 0) is 17.8 Å². The Kier molecular flexibility index (Phi) is 3.74. The van der Waals surface area contributed by atoms with E-state index in [4.69, 9.17) is 17.0 Å². The van der Waals surface area contributed by atoms with Crippen LogP contribution < -0.4 is 10.1 Å². The van der Waals surface area contributed by atoms with Crippen molar-refractivity contribution < 1.29 is 9.53 Å². The average Bonchev–Trinajstić information content (AvgIpc) is 3.04. The third kappa shape index (κ3) is 2.82. The highest BCUT2D eigenvalue weighted by Gasteiger charge is 2.28. The lowest BCUT2D eigenvalue weighted by Gasteiger charge is -2.11. The lowest BCUT2D eigenvalue weighted by molar-refractivity contribution is -0.127. The fourth-order valence-corrected chi connectivity index (χ4v) is 2.66. The molecule has 0 radical (unpaired) electrons. The van der Waals surface area contributed by atoms with E-state index in [-0.39, 0.29) is 5.91 Å². The summed E-state index contributed by atoms with van der Waals surface area (Å²) in [5, 5.41) is 9.63. The molecule has 3 rings (SSSR count). The summed E-state index contributed by atoms with van der Waals surface area (Å²) in [6.07, 6.45) is 0.174. The van der Waals surface area contributed by atoms with Crippen molar-refractivity contribution in [1.29, 1.82) is 0 Å². The fourth-order valence-electron chi connectivity index (χ4n) is 2.39. The summed E-state index contributed by atoms with van der Waals surface area (Å²) < 4.78 is 8.05. The third-order valence-corrected chi connectivity index (χ3v) is 3.84. The molecule has 0 saturated carbocycles. The number of aromatic nitrogens is 3. The van der Waals surface area contributed by atoms with Gasteiger partial charge in [-0.15, -0.1) is 0 Å².